The molecule has 1 aromatic rings. The number of rotatable bonds is 5. The summed E-state index contributed by atoms with van der Waals surface area (Å²) in [6.45, 7) is 2.50. The van der Waals surface area contributed by atoms with Crippen LogP contribution in [-0.4, -0.2) is 23.6 Å². The summed E-state index contributed by atoms with van der Waals surface area (Å²) in [4.78, 5) is 24.6. The van der Waals surface area contributed by atoms with E-state index in [2.05, 4.69) is 11.4 Å². The van der Waals surface area contributed by atoms with Crippen LogP contribution in [0.1, 0.15) is 19.8 Å². The third kappa shape index (κ3) is 2.14. The molecule has 2 bridgehead atoms. The van der Waals surface area contributed by atoms with Gasteiger partial charge in [-0.05, 0) is 61.3 Å². The maximum absolute atomic E-state index is 12.8. The molecule has 1 aromatic carbocycles. The number of nitrogens with one attached hydrogen (secondary N) is 1. The van der Waals surface area contributed by atoms with Crippen LogP contribution in [0.5, 0.6) is 5.75 Å². The summed E-state index contributed by atoms with van der Waals surface area (Å²) >= 11 is 0. The summed E-state index contributed by atoms with van der Waals surface area (Å²) in [5.74, 6) is -1.31. The predicted molar refractivity (Wildman–Crippen MR) is 88.6 cm³/mol. The fourth-order valence-electron chi connectivity index (χ4n) is 4.72. The molecule has 5 heteroatoms. The number of allylic oxidation sites excluding steroid dienone is 2. The van der Waals surface area contributed by atoms with Crippen molar-refractivity contribution in [1.82, 2.24) is 0 Å². The Labute approximate surface area is 140 Å². The van der Waals surface area contributed by atoms with Crippen LogP contribution in [0.15, 0.2) is 36.4 Å². The first-order valence-corrected chi connectivity index (χ1v) is 8.51. The van der Waals surface area contributed by atoms with Crippen LogP contribution in [0.2, 0.25) is 0 Å². The van der Waals surface area contributed by atoms with Crippen LogP contribution >= 0.6 is 0 Å². The number of anilines is 1. The number of carbonyl (C=O) groups is 2. The topological polar surface area (TPSA) is 75.6 Å². The molecular weight excluding hydrogens is 306 g/mol. The summed E-state index contributed by atoms with van der Waals surface area (Å²) in [7, 11) is 0. The summed E-state index contributed by atoms with van der Waals surface area (Å²) < 4.78 is 5.39. The molecule has 0 saturated heterocycles. The number of carbonyl (C=O) groups excluding carboxylic acids is 1. The van der Waals surface area contributed by atoms with Crippen LogP contribution in [-0.2, 0) is 9.59 Å². The van der Waals surface area contributed by atoms with Gasteiger partial charge >= 0.3 is 5.97 Å². The molecule has 2 saturated carbocycles. The lowest BCUT2D eigenvalue weighted by Crippen LogP contribution is -2.36. The molecule has 24 heavy (non-hydrogen) atoms. The number of ether oxygens (including phenoxy) is 1. The number of benzene rings is 1. The van der Waals surface area contributed by atoms with Gasteiger partial charge in [-0.25, -0.2) is 0 Å². The second kappa shape index (κ2) is 5.36. The molecule has 126 valence electrons. The van der Waals surface area contributed by atoms with E-state index in [0.717, 1.165) is 18.6 Å². The van der Waals surface area contributed by atoms with Crippen molar-refractivity contribution in [2.24, 2.45) is 29.1 Å². The van der Waals surface area contributed by atoms with E-state index in [1.165, 1.54) is 0 Å². The van der Waals surface area contributed by atoms with E-state index >= 15 is 0 Å². The van der Waals surface area contributed by atoms with E-state index in [1.54, 1.807) is 24.3 Å². The van der Waals surface area contributed by atoms with Crippen molar-refractivity contribution in [1.29, 1.82) is 0 Å². The molecular formula is C19H21NO4. The molecule has 1 amide bonds. The third-order valence-electron chi connectivity index (χ3n) is 5.86. The third-order valence-corrected chi connectivity index (χ3v) is 5.86. The Morgan fingerprint density at radius 2 is 1.79 bits per heavy atom. The van der Waals surface area contributed by atoms with Gasteiger partial charge in [0.2, 0.25) is 5.91 Å². The van der Waals surface area contributed by atoms with Gasteiger partial charge in [-0.2, -0.15) is 0 Å². The Hall–Kier alpha value is -2.30. The van der Waals surface area contributed by atoms with E-state index in [9.17, 15) is 14.7 Å². The van der Waals surface area contributed by atoms with Crippen molar-refractivity contribution in [2.45, 2.75) is 19.8 Å². The fourth-order valence-corrected chi connectivity index (χ4v) is 4.72. The van der Waals surface area contributed by atoms with Gasteiger partial charge in [-0.15, -0.1) is 0 Å². The van der Waals surface area contributed by atoms with E-state index in [4.69, 9.17) is 4.74 Å². The molecule has 0 aliphatic heterocycles. The second-order valence-corrected chi connectivity index (χ2v) is 7.01. The smallest absolute Gasteiger partial charge is 0.307 e. The summed E-state index contributed by atoms with van der Waals surface area (Å²) in [6, 6.07) is 7.18. The van der Waals surface area contributed by atoms with Crippen LogP contribution < -0.4 is 10.1 Å². The molecule has 5 nitrogen and oxygen atoms in total. The van der Waals surface area contributed by atoms with E-state index in [-0.39, 0.29) is 23.2 Å². The summed E-state index contributed by atoms with van der Waals surface area (Å²) in [5.41, 5.74) is 0.716. The fraction of sp³-hybridized carbons (Fsp3) is 0.474. The highest BCUT2D eigenvalue weighted by molar-refractivity contribution is 5.96. The van der Waals surface area contributed by atoms with Crippen molar-refractivity contribution in [3.63, 3.8) is 0 Å². The molecule has 4 atom stereocenters. The van der Waals surface area contributed by atoms with Crippen LogP contribution in [0.3, 0.4) is 0 Å². The quantitative estimate of drug-likeness (QED) is 0.815. The lowest BCUT2D eigenvalue weighted by molar-refractivity contribution is -0.146. The van der Waals surface area contributed by atoms with Crippen molar-refractivity contribution < 1.29 is 19.4 Å². The average Bonchev–Trinajstić information content (AvgIpc) is 3.22. The second-order valence-electron chi connectivity index (χ2n) is 7.01. The Kier molecular flexibility index (Phi) is 3.41. The van der Waals surface area contributed by atoms with E-state index in [1.807, 2.05) is 13.0 Å². The molecule has 1 spiro atoms. The van der Waals surface area contributed by atoms with Crippen molar-refractivity contribution >= 4 is 17.6 Å². The Morgan fingerprint density at radius 1 is 1.17 bits per heavy atom. The Balaban J connectivity index is 1.53. The molecule has 2 fully saturated rings. The van der Waals surface area contributed by atoms with Crippen LogP contribution in [0, 0.1) is 29.1 Å². The van der Waals surface area contributed by atoms with Crippen molar-refractivity contribution in [3.05, 3.63) is 36.4 Å². The first kappa shape index (κ1) is 15.2. The number of carboxylic acid groups (broad SMARTS) is 1. The molecule has 3 aliphatic carbocycles. The summed E-state index contributed by atoms with van der Waals surface area (Å²) in [6.07, 6.45) is 6.16. The van der Waals surface area contributed by atoms with Gasteiger partial charge in [0.25, 0.3) is 0 Å². The zero-order chi connectivity index (χ0) is 16.9. The molecule has 0 aromatic heterocycles. The molecule has 2 N–H and O–H groups in total. The molecule has 4 rings (SSSR count). The molecule has 3 aliphatic rings. The molecule has 0 heterocycles. The van der Waals surface area contributed by atoms with Gasteiger partial charge in [-0.3, -0.25) is 9.59 Å². The average molecular weight is 327 g/mol. The number of hydrogen-bond donors (Lipinski definition) is 2. The van der Waals surface area contributed by atoms with Gasteiger partial charge in [0, 0.05) is 5.69 Å². The molecule has 0 radical (unpaired) electrons. The highest BCUT2D eigenvalue weighted by Crippen LogP contribution is 2.72. The minimum atomic E-state index is -0.857. The highest BCUT2D eigenvalue weighted by Gasteiger charge is 2.70. The SMILES string of the molecule is CCOc1ccc(NC(=O)C2C(C(=O)O)C3C=CC2C32CC2)cc1. The zero-order valence-electron chi connectivity index (χ0n) is 13.6. The Bertz CT molecular complexity index is 705. The lowest BCUT2D eigenvalue weighted by atomic mass is 9.82. The number of carboxylic acids is 1. The van der Waals surface area contributed by atoms with Gasteiger partial charge in [0.1, 0.15) is 5.75 Å². The first-order chi connectivity index (χ1) is 11.6. The number of hydrogen-bond acceptors (Lipinski definition) is 3. The minimum Gasteiger partial charge on any atom is -0.494 e. The normalized spacial score (nSPS) is 31.2. The van der Waals surface area contributed by atoms with Gasteiger partial charge in [0.05, 0.1) is 18.4 Å². The van der Waals surface area contributed by atoms with E-state index < -0.39 is 17.8 Å². The van der Waals surface area contributed by atoms with Gasteiger partial charge in [0.15, 0.2) is 0 Å². The van der Waals surface area contributed by atoms with Gasteiger partial charge < -0.3 is 15.2 Å². The lowest BCUT2D eigenvalue weighted by Gasteiger charge is -2.23. The van der Waals surface area contributed by atoms with Crippen LogP contribution in [0.4, 0.5) is 5.69 Å². The standard InChI is InChI=1S/C19H21NO4/c1-2-24-12-5-3-11(4-6-12)20-17(21)15-13-7-8-14(16(15)18(22)23)19(13)9-10-19/h3-8,13-16H,2,9-10H2,1H3,(H,20,21)(H,22,23). The predicted octanol–water partition coefficient (Wildman–Crippen LogP) is 2.94. The maximum atomic E-state index is 12.8. The number of aliphatic carboxylic acids is 1. The summed E-state index contributed by atoms with van der Waals surface area (Å²) in [5, 5.41) is 12.5. The van der Waals surface area contributed by atoms with E-state index in [0.29, 0.717) is 12.3 Å². The Morgan fingerprint density at radius 3 is 2.33 bits per heavy atom. The molecule has 4 unspecified atom stereocenters. The minimum absolute atomic E-state index is 0.0103. The van der Waals surface area contributed by atoms with Crippen molar-refractivity contribution in [3.8, 4) is 5.75 Å². The maximum Gasteiger partial charge on any atom is 0.307 e. The zero-order valence-corrected chi connectivity index (χ0v) is 13.6. The largest absolute Gasteiger partial charge is 0.494 e. The monoisotopic (exact) mass is 327 g/mol. The van der Waals surface area contributed by atoms with Crippen molar-refractivity contribution in [2.75, 3.05) is 11.9 Å². The first-order valence-electron chi connectivity index (χ1n) is 8.51. The van der Waals surface area contributed by atoms with Crippen LogP contribution in [0.25, 0.3) is 0 Å². The van der Waals surface area contributed by atoms with Gasteiger partial charge in [-0.1, -0.05) is 12.2 Å². The highest BCUT2D eigenvalue weighted by atomic mass is 16.5. The number of amides is 1.